The standard InChI is InChI=1S/C17H25N5O3S/c1-4-22-13(3)16(12(2)20-22)26(23,24)21-14-6-8-15(9-7-14)25-17-18-10-5-11-19-17/h5,10-11,14-15,21H,4,6-9H2,1-3H3. The van der Waals surface area contributed by atoms with Gasteiger partial charge in [-0.2, -0.15) is 5.10 Å². The highest BCUT2D eigenvalue weighted by Gasteiger charge is 2.30. The predicted octanol–water partition coefficient (Wildman–Crippen LogP) is 1.98. The summed E-state index contributed by atoms with van der Waals surface area (Å²) in [7, 11) is -3.59. The second-order valence-electron chi connectivity index (χ2n) is 6.56. The number of aryl methyl sites for hydroxylation is 2. The van der Waals surface area contributed by atoms with Gasteiger partial charge < -0.3 is 4.74 Å². The van der Waals surface area contributed by atoms with E-state index in [0.29, 0.717) is 28.8 Å². The maximum atomic E-state index is 12.8. The van der Waals surface area contributed by atoms with Crippen molar-refractivity contribution in [2.75, 3.05) is 0 Å². The van der Waals surface area contributed by atoms with Crippen LogP contribution in [0.5, 0.6) is 6.01 Å². The minimum absolute atomic E-state index is 0.0180. The normalized spacial score (nSPS) is 20.9. The summed E-state index contributed by atoms with van der Waals surface area (Å²) in [5, 5.41) is 4.31. The van der Waals surface area contributed by atoms with Crippen LogP contribution in [-0.4, -0.2) is 40.3 Å². The first kappa shape index (κ1) is 18.8. The fourth-order valence-corrected chi connectivity index (χ4v) is 5.17. The van der Waals surface area contributed by atoms with Crippen LogP contribution in [0, 0.1) is 13.8 Å². The molecule has 0 aromatic carbocycles. The van der Waals surface area contributed by atoms with Crippen LogP contribution in [0.15, 0.2) is 23.4 Å². The number of hydrogen-bond donors (Lipinski definition) is 1. The third kappa shape index (κ3) is 4.04. The summed E-state index contributed by atoms with van der Waals surface area (Å²) < 4.78 is 36.0. The number of rotatable bonds is 6. The molecule has 8 nitrogen and oxygen atoms in total. The second kappa shape index (κ2) is 7.71. The molecule has 0 radical (unpaired) electrons. The van der Waals surface area contributed by atoms with Crippen LogP contribution in [0.25, 0.3) is 0 Å². The Bertz CT molecular complexity index is 843. The first-order valence-corrected chi connectivity index (χ1v) is 10.4. The summed E-state index contributed by atoms with van der Waals surface area (Å²) in [4.78, 5) is 8.43. The van der Waals surface area contributed by atoms with Crippen molar-refractivity contribution < 1.29 is 13.2 Å². The minimum Gasteiger partial charge on any atom is -0.460 e. The van der Waals surface area contributed by atoms with E-state index in [1.54, 1.807) is 37.0 Å². The average molecular weight is 379 g/mol. The zero-order valence-electron chi connectivity index (χ0n) is 15.3. The van der Waals surface area contributed by atoms with Crippen LogP contribution in [0.2, 0.25) is 0 Å². The molecule has 1 saturated carbocycles. The number of nitrogens with one attached hydrogen (secondary N) is 1. The molecule has 9 heteroatoms. The van der Waals surface area contributed by atoms with Gasteiger partial charge in [0.15, 0.2) is 0 Å². The summed E-state index contributed by atoms with van der Waals surface area (Å²) in [6, 6.07) is 2.01. The van der Waals surface area contributed by atoms with E-state index in [9.17, 15) is 8.42 Å². The van der Waals surface area contributed by atoms with Crippen molar-refractivity contribution in [2.24, 2.45) is 0 Å². The molecule has 0 aliphatic heterocycles. The lowest BCUT2D eigenvalue weighted by Crippen LogP contribution is -2.40. The molecule has 3 rings (SSSR count). The molecule has 1 aliphatic rings. The number of aromatic nitrogens is 4. The van der Waals surface area contributed by atoms with Crippen molar-refractivity contribution in [1.82, 2.24) is 24.5 Å². The maximum absolute atomic E-state index is 12.8. The highest BCUT2D eigenvalue weighted by molar-refractivity contribution is 7.89. The van der Waals surface area contributed by atoms with Crippen molar-refractivity contribution >= 4 is 10.0 Å². The molecule has 0 atom stereocenters. The van der Waals surface area contributed by atoms with Gasteiger partial charge in [0.2, 0.25) is 10.0 Å². The van der Waals surface area contributed by atoms with Gasteiger partial charge in [-0.25, -0.2) is 23.1 Å². The monoisotopic (exact) mass is 379 g/mol. The number of ether oxygens (including phenoxy) is 1. The van der Waals surface area contributed by atoms with Gasteiger partial charge in [-0.3, -0.25) is 4.68 Å². The molecule has 0 saturated heterocycles. The zero-order chi connectivity index (χ0) is 18.7. The Hall–Kier alpha value is -2.00. The van der Waals surface area contributed by atoms with Gasteiger partial charge in [-0.1, -0.05) is 0 Å². The van der Waals surface area contributed by atoms with Gasteiger partial charge in [0, 0.05) is 25.0 Å². The fraction of sp³-hybridized carbons (Fsp3) is 0.588. The van der Waals surface area contributed by atoms with Crippen LogP contribution in [-0.2, 0) is 16.6 Å². The molecule has 0 bridgehead atoms. The molecule has 0 amide bonds. The molecular formula is C17H25N5O3S. The first-order chi connectivity index (χ1) is 12.4. The molecule has 142 valence electrons. The fourth-order valence-electron chi connectivity index (χ4n) is 3.45. The summed E-state index contributed by atoms with van der Waals surface area (Å²) in [5.74, 6) is 0. The van der Waals surface area contributed by atoms with Gasteiger partial charge in [0.25, 0.3) is 0 Å². The molecule has 0 unspecified atom stereocenters. The Morgan fingerprint density at radius 1 is 1.19 bits per heavy atom. The lowest BCUT2D eigenvalue weighted by Gasteiger charge is -2.28. The van der Waals surface area contributed by atoms with Gasteiger partial charge in [0.05, 0.1) is 11.4 Å². The summed E-state index contributed by atoms with van der Waals surface area (Å²) in [5.41, 5.74) is 1.21. The Kier molecular flexibility index (Phi) is 5.57. The minimum atomic E-state index is -3.59. The lowest BCUT2D eigenvalue weighted by molar-refractivity contribution is 0.132. The van der Waals surface area contributed by atoms with Crippen LogP contribution in [0.4, 0.5) is 0 Å². The quantitative estimate of drug-likeness (QED) is 0.824. The third-order valence-electron chi connectivity index (χ3n) is 4.69. The second-order valence-corrected chi connectivity index (χ2v) is 8.21. The molecule has 1 aliphatic carbocycles. The maximum Gasteiger partial charge on any atom is 0.316 e. The zero-order valence-corrected chi connectivity index (χ0v) is 16.2. The Balaban J connectivity index is 1.61. The largest absolute Gasteiger partial charge is 0.460 e. The van der Waals surface area contributed by atoms with Gasteiger partial charge in [-0.05, 0) is 52.5 Å². The molecule has 2 heterocycles. The third-order valence-corrected chi connectivity index (χ3v) is 6.47. The van der Waals surface area contributed by atoms with E-state index in [0.717, 1.165) is 25.7 Å². The molecule has 1 N–H and O–H groups in total. The Labute approximate surface area is 154 Å². The molecule has 26 heavy (non-hydrogen) atoms. The van der Waals surface area contributed by atoms with E-state index in [1.807, 2.05) is 6.92 Å². The van der Waals surface area contributed by atoms with Crippen molar-refractivity contribution in [3.05, 3.63) is 29.8 Å². The van der Waals surface area contributed by atoms with E-state index in [2.05, 4.69) is 19.8 Å². The van der Waals surface area contributed by atoms with Gasteiger partial charge in [0.1, 0.15) is 11.0 Å². The topological polar surface area (TPSA) is 99.0 Å². The molecule has 0 spiro atoms. The number of nitrogens with zero attached hydrogens (tertiary/aromatic N) is 4. The van der Waals surface area contributed by atoms with Crippen LogP contribution in [0.1, 0.15) is 44.0 Å². The SMILES string of the molecule is CCn1nc(C)c(S(=O)(=O)NC2CCC(Oc3ncccn3)CC2)c1C. The van der Waals surface area contributed by atoms with E-state index < -0.39 is 10.0 Å². The van der Waals surface area contributed by atoms with E-state index in [1.165, 1.54) is 0 Å². The van der Waals surface area contributed by atoms with Gasteiger partial charge in [-0.15, -0.1) is 0 Å². The Morgan fingerprint density at radius 2 is 1.85 bits per heavy atom. The van der Waals surface area contributed by atoms with Crippen LogP contribution in [0.3, 0.4) is 0 Å². The van der Waals surface area contributed by atoms with Crippen molar-refractivity contribution in [1.29, 1.82) is 0 Å². The summed E-state index contributed by atoms with van der Waals surface area (Å²) in [6.45, 7) is 6.12. The van der Waals surface area contributed by atoms with Gasteiger partial charge >= 0.3 is 6.01 Å². The molecule has 2 aromatic heterocycles. The summed E-state index contributed by atoms with van der Waals surface area (Å²) in [6.07, 6.45) is 6.26. The van der Waals surface area contributed by atoms with E-state index in [-0.39, 0.29) is 12.1 Å². The highest BCUT2D eigenvalue weighted by Crippen LogP contribution is 2.25. The van der Waals surface area contributed by atoms with Crippen molar-refractivity contribution in [3.63, 3.8) is 0 Å². The van der Waals surface area contributed by atoms with Crippen molar-refractivity contribution in [3.8, 4) is 6.01 Å². The van der Waals surface area contributed by atoms with E-state index in [4.69, 9.17) is 4.74 Å². The average Bonchev–Trinajstić information content (AvgIpc) is 2.91. The predicted molar refractivity (Wildman–Crippen MR) is 96.4 cm³/mol. The number of sulfonamides is 1. The van der Waals surface area contributed by atoms with Crippen molar-refractivity contribution in [2.45, 2.75) is 70.0 Å². The smallest absolute Gasteiger partial charge is 0.316 e. The molecule has 1 fully saturated rings. The van der Waals surface area contributed by atoms with E-state index >= 15 is 0 Å². The number of hydrogen-bond acceptors (Lipinski definition) is 6. The highest BCUT2D eigenvalue weighted by atomic mass is 32.2. The first-order valence-electron chi connectivity index (χ1n) is 8.90. The Morgan fingerprint density at radius 3 is 2.42 bits per heavy atom. The van der Waals surface area contributed by atoms with Crippen LogP contribution >= 0.6 is 0 Å². The lowest BCUT2D eigenvalue weighted by atomic mass is 9.94. The molecule has 2 aromatic rings. The summed E-state index contributed by atoms with van der Waals surface area (Å²) >= 11 is 0. The molecular weight excluding hydrogens is 354 g/mol. The van der Waals surface area contributed by atoms with Crippen LogP contribution < -0.4 is 9.46 Å².